The zero-order chi connectivity index (χ0) is 14.0. The van der Waals surface area contributed by atoms with Gasteiger partial charge in [-0.3, -0.25) is 0 Å². The molecule has 0 spiro atoms. The summed E-state index contributed by atoms with van der Waals surface area (Å²) in [6.45, 7) is 2.33. The maximum Gasteiger partial charge on any atom is 0.145 e. The van der Waals surface area contributed by atoms with Crippen LogP contribution in [-0.4, -0.2) is 14.2 Å². The molecule has 1 fully saturated rings. The highest BCUT2D eigenvalue weighted by Gasteiger charge is 2.38. The van der Waals surface area contributed by atoms with Crippen molar-refractivity contribution in [3.63, 3.8) is 0 Å². The first-order valence-corrected chi connectivity index (χ1v) is 7.87. The second kappa shape index (κ2) is 5.92. The smallest absolute Gasteiger partial charge is 0.145 e. The largest absolute Gasteiger partial charge is 0.495 e. The quantitative estimate of drug-likeness (QED) is 0.681. The topological polar surface area (TPSA) is 18.5 Å². The number of hydrogen-bond donors (Lipinski definition) is 0. The van der Waals surface area contributed by atoms with Gasteiger partial charge in [-0.05, 0) is 24.3 Å². The summed E-state index contributed by atoms with van der Waals surface area (Å²) in [6, 6.07) is 3.96. The second-order valence-electron chi connectivity index (χ2n) is 5.43. The monoisotopic (exact) mass is 346 g/mol. The summed E-state index contributed by atoms with van der Waals surface area (Å²) in [5.41, 5.74) is 1.38. The van der Waals surface area contributed by atoms with Crippen LogP contribution in [0, 0.1) is 5.41 Å². The van der Waals surface area contributed by atoms with Crippen molar-refractivity contribution in [3.8, 4) is 11.5 Å². The maximum absolute atomic E-state index is 6.34. The van der Waals surface area contributed by atoms with Crippen LogP contribution in [0.1, 0.15) is 43.0 Å². The van der Waals surface area contributed by atoms with E-state index in [0.717, 1.165) is 11.3 Å². The SMILES string of the molecule is COc1ccc(C(Br)C2(C)CCCC2)c(OC)c1Cl. The normalized spacial score (nSPS) is 19.2. The van der Waals surface area contributed by atoms with Crippen molar-refractivity contribution in [2.24, 2.45) is 5.41 Å². The molecule has 1 aliphatic rings. The van der Waals surface area contributed by atoms with E-state index in [4.69, 9.17) is 21.1 Å². The van der Waals surface area contributed by atoms with Gasteiger partial charge in [-0.15, -0.1) is 0 Å². The number of alkyl halides is 1. The molecular weight excluding hydrogens is 328 g/mol. The molecule has 0 radical (unpaired) electrons. The molecule has 0 aromatic heterocycles. The number of benzene rings is 1. The van der Waals surface area contributed by atoms with E-state index in [2.05, 4.69) is 22.9 Å². The van der Waals surface area contributed by atoms with Crippen LogP contribution in [0.15, 0.2) is 12.1 Å². The van der Waals surface area contributed by atoms with E-state index in [1.54, 1.807) is 14.2 Å². The first kappa shape index (κ1) is 15.0. The maximum atomic E-state index is 6.34. The van der Waals surface area contributed by atoms with Gasteiger partial charge in [-0.1, -0.05) is 53.4 Å². The molecule has 1 atom stereocenters. The van der Waals surface area contributed by atoms with Gasteiger partial charge >= 0.3 is 0 Å². The third-order valence-electron chi connectivity index (χ3n) is 4.15. The van der Waals surface area contributed by atoms with Crippen LogP contribution >= 0.6 is 27.5 Å². The minimum atomic E-state index is 0.251. The Labute approximate surface area is 128 Å². The van der Waals surface area contributed by atoms with Crippen molar-refractivity contribution in [2.45, 2.75) is 37.4 Å². The van der Waals surface area contributed by atoms with Gasteiger partial charge in [0.1, 0.15) is 16.5 Å². The number of rotatable bonds is 4. The fourth-order valence-corrected chi connectivity index (χ4v) is 4.07. The summed E-state index contributed by atoms with van der Waals surface area (Å²) in [5.74, 6) is 1.37. The molecule has 0 saturated heterocycles. The third kappa shape index (κ3) is 2.73. The molecule has 1 aromatic rings. The summed E-state index contributed by atoms with van der Waals surface area (Å²) in [6.07, 6.45) is 5.06. The van der Waals surface area contributed by atoms with Crippen molar-refractivity contribution in [2.75, 3.05) is 14.2 Å². The molecule has 106 valence electrons. The lowest BCUT2D eigenvalue weighted by molar-refractivity contribution is 0.321. The Morgan fingerprint density at radius 3 is 2.37 bits per heavy atom. The third-order valence-corrected chi connectivity index (χ3v) is 6.10. The van der Waals surface area contributed by atoms with Crippen molar-refractivity contribution in [3.05, 3.63) is 22.7 Å². The molecule has 0 N–H and O–H groups in total. The second-order valence-corrected chi connectivity index (χ2v) is 6.72. The lowest BCUT2D eigenvalue weighted by Gasteiger charge is -2.31. The minimum absolute atomic E-state index is 0.251. The van der Waals surface area contributed by atoms with E-state index in [-0.39, 0.29) is 10.2 Å². The minimum Gasteiger partial charge on any atom is -0.495 e. The van der Waals surface area contributed by atoms with Gasteiger partial charge in [0.05, 0.1) is 14.2 Å². The number of halogens is 2. The molecule has 0 aliphatic heterocycles. The highest BCUT2D eigenvalue weighted by molar-refractivity contribution is 9.09. The molecule has 0 heterocycles. The Morgan fingerprint density at radius 2 is 1.84 bits per heavy atom. The van der Waals surface area contributed by atoms with Gasteiger partial charge in [0.2, 0.25) is 0 Å². The lowest BCUT2D eigenvalue weighted by atomic mass is 9.81. The fraction of sp³-hybridized carbons (Fsp3) is 0.600. The van der Waals surface area contributed by atoms with Gasteiger partial charge in [-0.2, -0.15) is 0 Å². The lowest BCUT2D eigenvalue weighted by Crippen LogP contribution is -2.18. The molecule has 2 rings (SSSR count). The molecule has 2 nitrogen and oxygen atoms in total. The molecular formula is C15H20BrClO2. The summed E-state index contributed by atoms with van der Waals surface area (Å²) >= 11 is 10.2. The van der Waals surface area contributed by atoms with E-state index in [9.17, 15) is 0 Å². The summed E-state index contributed by atoms with van der Waals surface area (Å²) < 4.78 is 10.7. The van der Waals surface area contributed by atoms with Crippen LogP contribution in [0.25, 0.3) is 0 Å². The van der Waals surface area contributed by atoms with Crippen LogP contribution in [-0.2, 0) is 0 Å². The first-order chi connectivity index (χ1) is 9.03. The van der Waals surface area contributed by atoms with Gasteiger partial charge in [0, 0.05) is 10.4 Å². The highest BCUT2D eigenvalue weighted by atomic mass is 79.9. The van der Waals surface area contributed by atoms with Gasteiger partial charge in [0.15, 0.2) is 0 Å². The molecule has 1 aromatic carbocycles. The zero-order valence-electron chi connectivity index (χ0n) is 11.6. The zero-order valence-corrected chi connectivity index (χ0v) is 14.0. The van der Waals surface area contributed by atoms with Crippen molar-refractivity contribution in [1.82, 2.24) is 0 Å². The molecule has 1 aliphatic carbocycles. The number of hydrogen-bond acceptors (Lipinski definition) is 2. The molecule has 19 heavy (non-hydrogen) atoms. The van der Waals surface area contributed by atoms with Crippen LogP contribution in [0.4, 0.5) is 0 Å². The van der Waals surface area contributed by atoms with E-state index in [1.165, 1.54) is 25.7 Å². The first-order valence-electron chi connectivity index (χ1n) is 6.58. The van der Waals surface area contributed by atoms with Crippen LogP contribution < -0.4 is 9.47 Å². The van der Waals surface area contributed by atoms with E-state index >= 15 is 0 Å². The van der Waals surface area contributed by atoms with Crippen molar-refractivity contribution < 1.29 is 9.47 Å². The molecule has 1 saturated carbocycles. The number of methoxy groups -OCH3 is 2. The average Bonchev–Trinajstić information content (AvgIpc) is 2.85. The van der Waals surface area contributed by atoms with E-state index in [1.807, 2.05) is 12.1 Å². The predicted molar refractivity (Wildman–Crippen MR) is 82.8 cm³/mol. The van der Waals surface area contributed by atoms with Gasteiger partial charge < -0.3 is 9.47 Å². The van der Waals surface area contributed by atoms with Crippen LogP contribution in [0.5, 0.6) is 11.5 Å². The van der Waals surface area contributed by atoms with Crippen molar-refractivity contribution >= 4 is 27.5 Å². The number of ether oxygens (including phenoxy) is 2. The fourth-order valence-electron chi connectivity index (χ4n) is 2.93. The Morgan fingerprint density at radius 1 is 1.21 bits per heavy atom. The summed E-state index contributed by atoms with van der Waals surface area (Å²) in [5, 5.41) is 0.550. The summed E-state index contributed by atoms with van der Waals surface area (Å²) in [7, 11) is 3.27. The average molecular weight is 348 g/mol. The van der Waals surface area contributed by atoms with Crippen LogP contribution in [0.2, 0.25) is 5.02 Å². The van der Waals surface area contributed by atoms with E-state index < -0.39 is 0 Å². The van der Waals surface area contributed by atoms with E-state index in [0.29, 0.717) is 10.8 Å². The Balaban J connectivity index is 2.41. The Bertz CT molecular complexity index is 456. The molecule has 1 unspecified atom stereocenters. The van der Waals surface area contributed by atoms with Crippen molar-refractivity contribution in [1.29, 1.82) is 0 Å². The Hall–Kier alpha value is -0.410. The molecule has 4 heteroatoms. The van der Waals surface area contributed by atoms with Gasteiger partial charge in [0.25, 0.3) is 0 Å². The molecule has 0 amide bonds. The van der Waals surface area contributed by atoms with Gasteiger partial charge in [-0.25, -0.2) is 0 Å². The highest BCUT2D eigenvalue weighted by Crippen LogP contribution is 2.54. The summed E-state index contributed by atoms with van der Waals surface area (Å²) in [4.78, 5) is 0.251. The van der Waals surface area contributed by atoms with Crippen LogP contribution in [0.3, 0.4) is 0 Å². The standard InChI is InChI=1S/C15H20BrClO2/c1-15(8-4-5-9-15)14(16)10-6-7-11(18-2)12(17)13(10)19-3/h6-7,14H,4-5,8-9H2,1-3H3. The molecule has 0 bridgehead atoms. The Kier molecular flexibility index (Phi) is 4.67. The predicted octanol–water partition coefficient (Wildman–Crippen LogP) is 5.37.